The summed E-state index contributed by atoms with van der Waals surface area (Å²) in [6, 6.07) is 17.2. The van der Waals surface area contributed by atoms with Crippen LogP contribution >= 0.6 is 0 Å². The largest absolute Gasteiger partial charge is 0.505 e. The van der Waals surface area contributed by atoms with E-state index in [9.17, 15) is 14.7 Å². The van der Waals surface area contributed by atoms with Gasteiger partial charge in [-0.2, -0.15) is 0 Å². The number of aliphatic carboxylic acids is 1. The number of aromatic nitrogens is 2. The number of nitrogens with one attached hydrogen (secondary N) is 1. The second kappa shape index (κ2) is 6.70. The Hall–Kier alpha value is -3.87. The van der Waals surface area contributed by atoms with Crippen molar-refractivity contribution in [3.05, 3.63) is 66.0 Å². The first-order chi connectivity index (χ1) is 13.5. The predicted molar refractivity (Wildman–Crippen MR) is 105 cm³/mol. The molecule has 140 valence electrons. The van der Waals surface area contributed by atoms with Crippen molar-refractivity contribution in [3.8, 4) is 11.4 Å². The molecule has 0 spiro atoms. The van der Waals surface area contributed by atoms with Crippen molar-refractivity contribution in [2.45, 2.75) is 6.92 Å². The van der Waals surface area contributed by atoms with E-state index >= 15 is 0 Å². The molecule has 0 saturated carbocycles. The van der Waals surface area contributed by atoms with E-state index in [-0.39, 0.29) is 11.4 Å². The Bertz CT molecular complexity index is 1230. The number of aromatic hydroxyl groups is 1. The molecule has 0 saturated heterocycles. The van der Waals surface area contributed by atoms with Gasteiger partial charge in [-0.25, -0.2) is 4.98 Å². The van der Waals surface area contributed by atoms with Gasteiger partial charge in [-0.1, -0.05) is 36.4 Å². The average Bonchev–Trinajstić information content (AvgIpc) is 3.05. The third kappa shape index (κ3) is 2.73. The number of nitrogens with zero attached hydrogens (tertiary/aromatic N) is 2. The summed E-state index contributed by atoms with van der Waals surface area (Å²) in [6.07, 6.45) is 0. The van der Waals surface area contributed by atoms with Crippen LogP contribution in [0.4, 0.5) is 0 Å². The maximum absolute atomic E-state index is 12.4. The van der Waals surface area contributed by atoms with Crippen LogP contribution in [0.25, 0.3) is 27.5 Å². The summed E-state index contributed by atoms with van der Waals surface area (Å²) in [4.78, 5) is 27.4. The zero-order valence-electron chi connectivity index (χ0n) is 15.0. The van der Waals surface area contributed by atoms with Crippen molar-refractivity contribution in [2.24, 2.45) is 0 Å². The molecule has 0 aliphatic carbocycles. The van der Waals surface area contributed by atoms with Gasteiger partial charge in [-0.3, -0.25) is 9.59 Å². The van der Waals surface area contributed by atoms with Gasteiger partial charge >= 0.3 is 5.97 Å². The van der Waals surface area contributed by atoms with Crippen LogP contribution in [0.15, 0.2) is 54.6 Å². The van der Waals surface area contributed by atoms with E-state index in [1.807, 2.05) is 59.2 Å². The molecule has 7 heteroatoms. The lowest BCUT2D eigenvalue weighted by molar-refractivity contribution is -0.135. The number of hydrogen-bond acceptors (Lipinski definition) is 4. The van der Waals surface area contributed by atoms with Crippen molar-refractivity contribution in [3.63, 3.8) is 0 Å². The summed E-state index contributed by atoms with van der Waals surface area (Å²) in [7, 11) is 0. The van der Waals surface area contributed by atoms with Crippen LogP contribution in [0, 0.1) is 6.92 Å². The van der Waals surface area contributed by atoms with Gasteiger partial charge in [0, 0.05) is 11.1 Å². The van der Waals surface area contributed by atoms with Crippen molar-refractivity contribution in [1.82, 2.24) is 14.9 Å². The van der Waals surface area contributed by atoms with Gasteiger partial charge < -0.3 is 20.1 Å². The van der Waals surface area contributed by atoms with Gasteiger partial charge in [0.2, 0.25) is 0 Å². The second-order valence-electron chi connectivity index (χ2n) is 6.38. The lowest BCUT2D eigenvalue weighted by Gasteiger charge is -2.11. The molecule has 28 heavy (non-hydrogen) atoms. The third-order valence-electron chi connectivity index (χ3n) is 4.59. The van der Waals surface area contributed by atoms with E-state index < -0.39 is 18.4 Å². The molecule has 1 amide bonds. The van der Waals surface area contributed by atoms with Gasteiger partial charge in [0.15, 0.2) is 11.4 Å². The highest BCUT2D eigenvalue weighted by Crippen LogP contribution is 2.39. The number of fused-ring (bicyclic) bond motifs is 3. The Labute approximate surface area is 159 Å². The first-order valence-corrected chi connectivity index (χ1v) is 8.67. The number of aryl methyl sites for hydroxylation is 1. The first kappa shape index (κ1) is 17.5. The minimum atomic E-state index is -1.17. The molecule has 0 unspecified atom stereocenters. The first-order valence-electron chi connectivity index (χ1n) is 8.67. The van der Waals surface area contributed by atoms with Crippen LogP contribution in [0.3, 0.4) is 0 Å². The molecule has 0 atom stereocenters. The minimum Gasteiger partial charge on any atom is -0.505 e. The number of para-hydroxylation sites is 2. The molecular formula is C21H17N3O4. The van der Waals surface area contributed by atoms with Gasteiger partial charge in [0.25, 0.3) is 5.91 Å². The maximum Gasteiger partial charge on any atom is 0.322 e. The summed E-state index contributed by atoms with van der Waals surface area (Å²) in [5, 5.41) is 23.2. The number of rotatable bonds is 4. The lowest BCUT2D eigenvalue weighted by atomic mass is 10.1. The van der Waals surface area contributed by atoms with E-state index in [1.165, 1.54) is 0 Å². The Morgan fingerprint density at radius 2 is 1.75 bits per heavy atom. The van der Waals surface area contributed by atoms with Crippen LogP contribution in [-0.4, -0.2) is 38.2 Å². The summed E-state index contributed by atoms with van der Waals surface area (Å²) in [5.74, 6) is -2.18. The molecule has 0 fully saturated rings. The minimum absolute atomic E-state index is 0.192. The second-order valence-corrected chi connectivity index (χ2v) is 6.38. The normalized spacial score (nSPS) is 11.0. The number of carbonyl (C=O) groups is 2. The van der Waals surface area contributed by atoms with E-state index in [0.29, 0.717) is 16.6 Å². The van der Waals surface area contributed by atoms with E-state index in [2.05, 4.69) is 10.3 Å². The molecule has 2 aromatic heterocycles. The SMILES string of the molecule is Cc1nc(C(=O)NCC(=O)O)c(O)c2c3ccccc3n(-c3ccccc3)c12. The molecule has 4 rings (SSSR count). The van der Waals surface area contributed by atoms with E-state index in [4.69, 9.17) is 5.11 Å². The fraction of sp³-hybridized carbons (Fsp3) is 0.0952. The van der Waals surface area contributed by atoms with Gasteiger partial charge in [0.1, 0.15) is 6.54 Å². The molecule has 0 bridgehead atoms. The highest BCUT2D eigenvalue weighted by Gasteiger charge is 2.24. The average molecular weight is 375 g/mol. The maximum atomic E-state index is 12.4. The van der Waals surface area contributed by atoms with Crippen molar-refractivity contribution in [1.29, 1.82) is 0 Å². The molecule has 0 aliphatic heterocycles. The summed E-state index contributed by atoms with van der Waals surface area (Å²) < 4.78 is 1.99. The summed E-state index contributed by atoms with van der Waals surface area (Å²) in [6.45, 7) is 1.21. The standard InChI is InChI=1S/C21H17N3O4/c1-12-19-17(20(27)18(23-12)21(28)22-11-16(25)26)14-9-5-6-10-15(14)24(19)13-7-3-2-4-8-13/h2-10,27H,11H2,1H3,(H,22,28)(H,25,26). The molecule has 0 aliphatic rings. The molecule has 2 aromatic carbocycles. The number of hydrogen-bond donors (Lipinski definition) is 3. The number of pyridine rings is 1. The molecule has 4 aromatic rings. The number of carbonyl (C=O) groups excluding carboxylic acids is 1. The smallest absolute Gasteiger partial charge is 0.322 e. The number of carboxylic acid groups (broad SMARTS) is 1. The van der Waals surface area contributed by atoms with E-state index in [1.54, 1.807) is 6.92 Å². The van der Waals surface area contributed by atoms with Crippen LogP contribution in [0.2, 0.25) is 0 Å². The molecule has 2 heterocycles. The van der Waals surface area contributed by atoms with Crippen molar-refractivity contribution >= 4 is 33.7 Å². The predicted octanol–water partition coefficient (Wildman–Crippen LogP) is 3.01. The summed E-state index contributed by atoms with van der Waals surface area (Å²) in [5.41, 5.74) is 2.82. The van der Waals surface area contributed by atoms with Crippen LogP contribution in [0.1, 0.15) is 16.2 Å². The monoisotopic (exact) mass is 375 g/mol. The zero-order valence-corrected chi connectivity index (χ0v) is 15.0. The fourth-order valence-electron chi connectivity index (χ4n) is 3.46. The van der Waals surface area contributed by atoms with Gasteiger partial charge in [-0.15, -0.1) is 0 Å². The third-order valence-corrected chi connectivity index (χ3v) is 4.59. The number of benzene rings is 2. The highest BCUT2D eigenvalue weighted by atomic mass is 16.4. The quantitative estimate of drug-likeness (QED) is 0.509. The van der Waals surface area contributed by atoms with Gasteiger partial charge in [-0.05, 0) is 25.1 Å². The topological polar surface area (TPSA) is 104 Å². The zero-order chi connectivity index (χ0) is 19.8. The van der Waals surface area contributed by atoms with Crippen LogP contribution in [0.5, 0.6) is 5.75 Å². The fourth-order valence-corrected chi connectivity index (χ4v) is 3.46. The van der Waals surface area contributed by atoms with Crippen molar-refractivity contribution in [2.75, 3.05) is 6.54 Å². The molecule has 3 N–H and O–H groups in total. The Balaban J connectivity index is 2.04. The van der Waals surface area contributed by atoms with Crippen molar-refractivity contribution < 1.29 is 19.8 Å². The molecular weight excluding hydrogens is 358 g/mol. The van der Waals surface area contributed by atoms with E-state index in [0.717, 1.165) is 16.6 Å². The number of carboxylic acids is 1. The Morgan fingerprint density at radius 1 is 1.07 bits per heavy atom. The van der Waals surface area contributed by atoms with Crippen LogP contribution < -0.4 is 5.32 Å². The Kier molecular flexibility index (Phi) is 4.19. The van der Waals surface area contributed by atoms with Gasteiger partial charge in [0.05, 0.1) is 22.1 Å². The summed E-state index contributed by atoms with van der Waals surface area (Å²) >= 11 is 0. The van der Waals surface area contributed by atoms with Crippen LogP contribution in [-0.2, 0) is 4.79 Å². The highest BCUT2D eigenvalue weighted by molar-refractivity contribution is 6.15. The number of amides is 1. The Morgan fingerprint density at radius 3 is 2.46 bits per heavy atom. The lowest BCUT2D eigenvalue weighted by Crippen LogP contribution is -2.30. The molecule has 0 radical (unpaired) electrons. The molecule has 7 nitrogen and oxygen atoms in total.